The first-order chi connectivity index (χ1) is 14.0. The number of hydrogen-bond acceptors (Lipinski definition) is 2. The minimum Gasteiger partial charge on any atom is -0.491 e. The minimum absolute atomic E-state index is 0.317. The van der Waals surface area contributed by atoms with Crippen molar-refractivity contribution in [3.05, 3.63) is 47.9 Å². The fourth-order valence-corrected chi connectivity index (χ4v) is 3.58. The molecule has 0 amide bonds. The van der Waals surface area contributed by atoms with E-state index in [1.165, 1.54) is 43.7 Å². The van der Waals surface area contributed by atoms with E-state index < -0.39 is 0 Å². The Morgan fingerprint density at radius 2 is 1.79 bits per heavy atom. The van der Waals surface area contributed by atoms with Crippen LogP contribution in [0.4, 0.5) is 4.39 Å². The number of aromatic nitrogens is 1. The van der Waals surface area contributed by atoms with Crippen molar-refractivity contribution in [2.45, 2.75) is 79.1 Å². The molecule has 1 heterocycles. The monoisotopic (exact) mass is 399 g/mol. The van der Waals surface area contributed by atoms with E-state index in [1.807, 2.05) is 18.3 Å². The van der Waals surface area contributed by atoms with Crippen LogP contribution in [-0.4, -0.2) is 11.6 Å². The molecule has 0 N–H and O–H groups in total. The quantitative estimate of drug-likeness (QED) is 0.320. The van der Waals surface area contributed by atoms with E-state index in [0.29, 0.717) is 18.3 Å². The lowest BCUT2D eigenvalue weighted by molar-refractivity contribution is 0.290. The van der Waals surface area contributed by atoms with Crippen LogP contribution in [0.5, 0.6) is 5.75 Å². The molecule has 0 bridgehead atoms. The van der Waals surface area contributed by atoms with Crippen LogP contribution in [0, 0.1) is 17.7 Å². The topological polar surface area (TPSA) is 22.1 Å². The highest BCUT2D eigenvalue weighted by Crippen LogP contribution is 2.25. The number of benzene rings is 1. The SMILES string of the molecule is CCCCCCOc1ccc(-c2ccc(CC(C)CCCC(C)C)cn2)cc1F. The molecule has 3 heteroatoms. The zero-order valence-corrected chi connectivity index (χ0v) is 18.7. The van der Waals surface area contributed by atoms with Crippen LogP contribution in [0.2, 0.25) is 0 Å². The summed E-state index contributed by atoms with van der Waals surface area (Å²) >= 11 is 0. The lowest BCUT2D eigenvalue weighted by Gasteiger charge is -2.13. The van der Waals surface area contributed by atoms with Gasteiger partial charge in [0.25, 0.3) is 0 Å². The summed E-state index contributed by atoms with van der Waals surface area (Å²) in [6.45, 7) is 9.61. The van der Waals surface area contributed by atoms with Gasteiger partial charge in [0, 0.05) is 11.8 Å². The van der Waals surface area contributed by atoms with Crippen molar-refractivity contribution in [1.82, 2.24) is 4.98 Å². The molecular weight excluding hydrogens is 361 g/mol. The molecule has 2 nitrogen and oxygen atoms in total. The van der Waals surface area contributed by atoms with Crippen molar-refractivity contribution < 1.29 is 9.13 Å². The van der Waals surface area contributed by atoms with Crippen molar-refractivity contribution in [2.75, 3.05) is 6.61 Å². The van der Waals surface area contributed by atoms with Gasteiger partial charge in [-0.1, -0.05) is 72.3 Å². The maximum Gasteiger partial charge on any atom is 0.165 e. The highest BCUT2D eigenvalue weighted by Gasteiger charge is 2.09. The first kappa shape index (κ1) is 23.4. The summed E-state index contributed by atoms with van der Waals surface area (Å²) < 4.78 is 20.0. The highest BCUT2D eigenvalue weighted by molar-refractivity contribution is 5.60. The Kier molecular flexibility index (Phi) is 10.2. The minimum atomic E-state index is -0.317. The molecule has 0 fully saturated rings. The molecule has 1 aromatic heterocycles. The van der Waals surface area contributed by atoms with Crippen LogP contribution in [0.25, 0.3) is 11.3 Å². The van der Waals surface area contributed by atoms with Gasteiger partial charge in [-0.05, 0) is 54.5 Å². The molecule has 1 atom stereocenters. The standard InChI is InChI=1S/C26H38FNO/c1-5-6-7-8-16-29-26-15-13-23(18-24(26)27)25-14-12-22(19-28-25)17-21(4)11-9-10-20(2)3/h12-15,18-21H,5-11,16-17H2,1-4H3. The van der Waals surface area contributed by atoms with Crippen LogP contribution < -0.4 is 4.74 Å². The van der Waals surface area contributed by atoms with Gasteiger partial charge in [0.2, 0.25) is 0 Å². The summed E-state index contributed by atoms with van der Waals surface area (Å²) in [7, 11) is 0. The summed E-state index contributed by atoms with van der Waals surface area (Å²) in [5.74, 6) is 1.45. The van der Waals surface area contributed by atoms with Crippen LogP contribution in [0.1, 0.15) is 78.2 Å². The average Bonchev–Trinajstić information content (AvgIpc) is 2.69. The molecule has 2 aromatic rings. The Hall–Kier alpha value is -1.90. The van der Waals surface area contributed by atoms with E-state index in [2.05, 4.69) is 38.7 Å². The normalized spacial score (nSPS) is 12.3. The van der Waals surface area contributed by atoms with Gasteiger partial charge in [-0.3, -0.25) is 4.98 Å². The summed E-state index contributed by atoms with van der Waals surface area (Å²) in [6, 6.07) is 9.25. The molecular formula is C26H38FNO. The van der Waals surface area contributed by atoms with Crippen LogP contribution in [0.3, 0.4) is 0 Å². The molecule has 29 heavy (non-hydrogen) atoms. The Labute approximate surface area is 176 Å². The van der Waals surface area contributed by atoms with Crippen molar-refractivity contribution in [1.29, 1.82) is 0 Å². The van der Waals surface area contributed by atoms with Gasteiger partial charge in [0.15, 0.2) is 11.6 Å². The largest absolute Gasteiger partial charge is 0.491 e. The van der Waals surface area contributed by atoms with E-state index in [4.69, 9.17) is 4.74 Å². The van der Waals surface area contributed by atoms with Crippen molar-refractivity contribution >= 4 is 0 Å². The van der Waals surface area contributed by atoms with Crippen molar-refractivity contribution in [2.24, 2.45) is 11.8 Å². The number of ether oxygens (including phenoxy) is 1. The smallest absolute Gasteiger partial charge is 0.165 e. The maximum absolute atomic E-state index is 14.4. The number of nitrogens with zero attached hydrogens (tertiary/aromatic N) is 1. The number of pyridine rings is 1. The van der Waals surface area contributed by atoms with Crippen molar-refractivity contribution in [3.8, 4) is 17.0 Å². The molecule has 0 saturated carbocycles. The summed E-state index contributed by atoms with van der Waals surface area (Å²) in [6.07, 6.45) is 11.3. The van der Waals surface area contributed by atoms with Crippen LogP contribution in [0.15, 0.2) is 36.5 Å². The van der Waals surface area contributed by atoms with Crippen LogP contribution >= 0.6 is 0 Å². The number of hydrogen-bond donors (Lipinski definition) is 0. The zero-order chi connectivity index (χ0) is 21.1. The second-order valence-electron chi connectivity index (χ2n) is 8.74. The predicted molar refractivity (Wildman–Crippen MR) is 121 cm³/mol. The van der Waals surface area contributed by atoms with Crippen molar-refractivity contribution in [3.63, 3.8) is 0 Å². The molecule has 0 aliphatic heterocycles. The lowest BCUT2D eigenvalue weighted by Crippen LogP contribution is -2.02. The Morgan fingerprint density at radius 1 is 0.966 bits per heavy atom. The third-order valence-corrected chi connectivity index (χ3v) is 5.37. The van der Waals surface area contributed by atoms with E-state index in [1.54, 1.807) is 6.07 Å². The summed E-state index contributed by atoms with van der Waals surface area (Å²) in [5.41, 5.74) is 2.84. The molecule has 0 aliphatic rings. The third kappa shape index (κ3) is 8.55. The predicted octanol–water partition coefficient (Wildman–Crippen LogP) is 7.85. The fraction of sp³-hybridized carbons (Fsp3) is 0.577. The molecule has 0 spiro atoms. The molecule has 0 saturated heterocycles. The number of unbranched alkanes of at least 4 members (excludes halogenated alkanes) is 3. The van der Waals surface area contributed by atoms with Crippen LogP contribution in [-0.2, 0) is 6.42 Å². The van der Waals surface area contributed by atoms with E-state index in [-0.39, 0.29) is 5.82 Å². The Morgan fingerprint density at radius 3 is 2.45 bits per heavy atom. The van der Waals surface area contributed by atoms with Gasteiger partial charge in [-0.25, -0.2) is 4.39 Å². The van der Waals surface area contributed by atoms with E-state index in [0.717, 1.165) is 36.4 Å². The molecule has 1 aromatic carbocycles. The second-order valence-corrected chi connectivity index (χ2v) is 8.74. The third-order valence-electron chi connectivity index (χ3n) is 5.37. The van der Waals surface area contributed by atoms with Gasteiger partial charge >= 0.3 is 0 Å². The number of halogens is 1. The maximum atomic E-state index is 14.4. The van der Waals surface area contributed by atoms with Gasteiger partial charge in [-0.15, -0.1) is 0 Å². The van der Waals surface area contributed by atoms with Gasteiger partial charge in [0.05, 0.1) is 12.3 Å². The van der Waals surface area contributed by atoms with E-state index >= 15 is 0 Å². The lowest BCUT2D eigenvalue weighted by atomic mass is 9.94. The second kappa shape index (κ2) is 12.6. The molecule has 160 valence electrons. The first-order valence-corrected chi connectivity index (χ1v) is 11.4. The molecule has 0 radical (unpaired) electrons. The van der Waals surface area contributed by atoms with E-state index in [9.17, 15) is 4.39 Å². The Bertz CT molecular complexity index is 711. The Balaban J connectivity index is 1.88. The highest BCUT2D eigenvalue weighted by atomic mass is 19.1. The summed E-state index contributed by atoms with van der Waals surface area (Å²) in [4.78, 5) is 4.57. The summed E-state index contributed by atoms with van der Waals surface area (Å²) in [5, 5.41) is 0. The fourth-order valence-electron chi connectivity index (χ4n) is 3.58. The van der Waals surface area contributed by atoms with Gasteiger partial charge in [-0.2, -0.15) is 0 Å². The molecule has 1 unspecified atom stereocenters. The zero-order valence-electron chi connectivity index (χ0n) is 18.7. The molecule has 2 rings (SSSR count). The molecule has 0 aliphatic carbocycles. The first-order valence-electron chi connectivity index (χ1n) is 11.4. The number of rotatable bonds is 13. The average molecular weight is 400 g/mol. The van der Waals surface area contributed by atoms with Gasteiger partial charge in [0.1, 0.15) is 0 Å². The van der Waals surface area contributed by atoms with Gasteiger partial charge < -0.3 is 4.74 Å².